The second kappa shape index (κ2) is 5.57. The van der Waals surface area contributed by atoms with E-state index in [1.807, 2.05) is 0 Å². The first-order valence-corrected chi connectivity index (χ1v) is 7.07. The molecule has 1 unspecified atom stereocenters. The molecule has 1 fully saturated rings. The fourth-order valence-corrected chi connectivity index (χ4v) is 3.36. The molecule has 1 atom stereocenters. The highest BCUT2D eigenvalue weighted by molar-refractivity contribution is 7.99. The van der Waals surface area contributed by atoms with Crippen LogP contribution in [0.25, 0.3) is 0 Å². The Morgan fingerprint density at radius 2 is 2.35 bits per heavy atom. The first kappa shape index (κ1) is 13.1. The number of halogens is 2. The van der Waals surface area contributed by atoms with Crippen molar-refractivity contribution in [2.45, 2.75) is 18.6 Å². The first-order chi connectivity index (χ1) is 8.09. The lowest BCUT2D eigenvalue weighted by atomic mass is 10.0. The van der Waals surface area contributed by atoms with Gasteiger partial charge in [0.25, 0.3) is 0 Å². The van der Waals surface area contributed by atoms with Crippen molar-refractivity contribution >= 4 is 23.4 Å². The molecule has 94 valence electrons. The summed E-state index contributed by atoms with van der Waals surface area (Å²) in [4.78, 5) is 0. The number of benzene rings is 1. The van der Waals surface area contributed by atoms with Gasteiger partial charge in [0, 0.05) is 23.9 Å². The van der Waals surface area contributed by atoms with E-state index in [2.05, 4.69) is 5.32 Å². The monoisotopic (exact) mass is 275 g/mol. The van der Waals surface area contributed by atoms with Crippen LogP contribution in [0, 0.1) is 5.82 Å². The molecule has 1 aliphatic heterocycles. The van der Waals surface area contributed by atoms with Gasteiger partial charge >= 0.3 is 0 Å². The van der Waals surface area contributed by atoms with Crippen molar-refractivity contribution in [3.8, 4) is 0 Å². The molecule has 1 aliphatic rings. The quantitative estimate of drug-likeness (QED) is 0.885. The van der Waals surface area contributed by atoms with E-state index in [-0.39, 0.29) is 5.82 Å². The van der Waals surface area contributed by atoms with Crippen LogP contribution in [0.4, 0.5) is 4.39 Å². The van der Waals surface area contributed by atoms with Gasteiger partial charge in [-0.25, -0.2) is 4.39 Å². The number of thioether (sulfide) groups is 1. The van der Waals surface area contributed by atoms with E-state index in [4.69, 9.17) is 11.6 Å². The molecule has 0 bridgehead atoms. The Morgan fingerprint density at radius 1 is 1.53 bits per heavy atom. The van der Waals surface area contributed by atoms with E-state index in [0.717, 1.165) is 23.5 Å². The van der Waals surface area contributed by atoms with Gasteiger partial charge in [0.15, 0.2) is 0 Å². The second-order valence-electron chi connectivity index (χ2n) is 4.37. The van der Waals surface area contributed by atoms with Gasteiger partial charge < -0.3 is 10.4 Å². The third kappa shape index (κ3) is 3.58. The second-order valence-corrected chi connectivity index (χ2v) is 5.88. The molecule has 0 saturated carbocycles. The predicted octanol–water partition coefficient (Wildman–Crippen LogP) is 2.44. The van der Waals surface area contributed by atoms with Crippen LogP contribution in [-0.4, -0.2) is 28.8 Å². The third-order valence-corrected chi connectivity index (χ3v) is 4.45. The normalized spacial score (nSPS) is 24.2. The Kier molecular flexibility index (Phi) is 4.31. The van der Waals surface area contributed by atoms with Gasteiger partial charge in [-0.05, 0) is 29.9 Å². The molecule has 2 rings (SSSR count). The van der Waals surface area contributed by atoms with Crippen molar-refractivity contribution in [2.24, 2.45) is 0 Å². The van der Waals surface area contributed by atoms with Crippen LogP contribution >= 0.6 is 23.4 Å². The van der Waals surface area contributed by atoms with E-state index in [9.17, 15) is 9.50 Å². The average Bonchev–Trinajstić information content (AvgIpc) is 2.69. The van der Waals surface area contributed by atoms with Gasteiger partial charge in [-0.3, -0.25) is 0 Å². The van der Waals surface area contributed by atoms with E-state index in [0.29, 0.717) is 18.1 Å². The van der Waals surface area contributed by atoms with Crippen molar-refractivity contribution in [3.05, 3.63) is 34.6 Å². The molecule has 2 N–H and O–H groups in total. The summed E-state index contributed by atoms with van der Waals surface area (Å²) < 4.78 is 12.8. The summed E-state index contributed by atoms with van der Waals surface area (Å²) in [6.45, 7) is 1.10. The van der Waals surface area contributed by atoms with Crippen LogP contribution in [0.2, 0.25) is 5.02 Å². The molecule has 1 aromatic carbocycles. The van der Waals surface area contributed by atoms with Gasteiger partial charge in [-0.1, -0.05) is 17.7 Å². The largest absolute Gasteiger partial charge is 0.388 e. The molecule has 0 aliphatic carbocycles. The molecule has 0 amide bonds. The van der Waals surface area contributed by atoms with Gasteiger partial charge in [-0.2, -0.15) is 11.8 Å². The Bertz CT molecular complexity index is 396. The fourth-order valence-electron chi connectivity index (χ4n) is 1.83. The lowest BCUT2D eigenvalue weighted by Gasteiger charge is -2.21. The zero-order valence-corrected chi connectivity index (χ0v) is 11.0. The highest BCUT2D eigenvalue weighted by atomic mass is 35.5. The minimum absolute atomic E-state index is 0.329. The molecule has 5 heteroatoms. The van der Waals surface area contributed by atoms with E-state index in [1.165, 1.54) is 12.1 Å². The zero-order valence-electron chi connectivity index (χ0n) is 9.38. The highest BCUT2D eigenvalue weighted by Gasteiger charge is 2.30. The molecule has 1 saturated heterocycles. The number of rotatable bonds is 4. The first-order valence-electron chi connectivity index (χ1n) is 5.54. The molecule has 17 heavy (non-hydrogen) atoms. The smallest absolute Gasteiger partial charge is 0.124 e. The highest BCUT2D eigenvalue weighted by Crippen LogP contribution is 2.27. The maximum atomic E-state index is 12.8. The van der Waals surface area contributed by atoms with Crippen LogP contribution in [-0.2, 0) is 6.54 Å². The van der Waals surface area contributed by atoms with Crippen LogP contribution in [0.1, 0.15) is 12.0 Å². The zero-order chi connectivity index (χ0) is 12.3. The summed E-state index contributed by atoms with van der Waals surface area (Å²) in [5.74, 6) is 1.46. The summed E-state index contributed by atoms with van der Waals surface area (Å²) in [6, 6.07) is 4.36. The Labute approximate surface area is 110 Å². The fraction of sp³-hybridized carbons (Fsp3) is 0.500. The van der Waals surface area contributed by atoms with Gasteiger partial charge in [-0.15, -0.1) is 0 Å². The Morgan fingerprint density at radius 3 is 3.00 bits per heavy atom. The van der Waals surface area contributed by atoms with E-state index in [1.54, 1.807) is 17.8 Å². The van der Waals surface area contributed by atoms with Crippen LogP contribution < -0.4 is 5.32 Å². The van der Waals surface area contributed by atoms with Crippen molar-refractivity contribution < 1.29 is 9.50 Å². The molecule has 0 radical (unpaired) electrons. The molecule has 0 spiro atoms. The Hall–Kier alpha value is -0.290. The molecular weight excluding hydrogens is 261 g/mol. The molecule has 1 heterocycles. The standard InChI is InChI=1S/C12H15ClFNOS/c13-11-5-10(14)2-1-9(11)6-15-7-12(16)3-4-17-8-12/h1-2,5,15-16H,3-4,6-8H2. The van der Waals surface area contributed by atoms with Crippen molar-refractivity contribution in [3.63, 3.8) is 0 Å². The summed E-state index contributed by atoms with van der Waals surface area (Å²) in [7, 11) is 0. The summed E-state index contributed by atoms with van der Waals surface area (Å²) >= 11 is 7.68. The average molecular weight is 276 g/mol. The summed E-state index contributed by atoms with van der Waals surface area (Å²) in [5.41, 5.74) is 0.249. The number of aliphatic hydroxyl groups is 1. The summed E-state index contributed by atoms with van der Waals surface area (Å²) in [6.07, 6.45) is 0.821. The minimum atomic E-state index is -0.600. The number of nitrogens with one attached hydrogen (secondary N) is 1. The lowest BCUT2D eigenvalue weighted by Crippen LogP contribution is -2.40. The van der Waals surface area contributed by atoms with E-state index >= 15 is 0 Å². The van der Waals surface area contributed by atoms with Crippen LogP contribution in [0.5, 0.6) is 0 Å². The molecule has 2 nitrogen and oxygen atoms in total. The van der Waals surface area contributed by atoms with Gasteiger partial charge in [0.1, 0.15) is 5.82 Å². The number of hydrogen-bond donors (Lipinski definition) is 2. The predicted molar refractivity (Wildman–Crippen MR) is 70.0 cm³/mol. The maximum absolute atomic E-state index is 12.8. The van der Waals surface area contributed by atoms with Crippen LogP contribution in [0.3, 0.4) is 0 Å². The number of hydrogen-bond acceptors (Lipinski definition) is 3. The Balaban J connectivity index is 1.85. The maximum Gasteiger partial charge on any atom is 0.124 e. The third-order valence-electron chi connectivity index (χ3n) is 2.87. The van der Waals surface area contributed by atoms with Crippen molar-refractivity contribution in [1.29, 1.82) is 0 Å². The molecular formula is C12H15ClFNOS. The molecule has 1 aromatic rings. The van der Waals surface area contributed by atoms with E-state index < -0.39 is 5.60 Å². The molecule has 0 aromatic heterocycles. The van der Waals surface area contributed by atoms with Gasteiger partial charge in [0.2, 0.25) is 0 Å². The summed E-state index contributed by atoms with van der Waals surface area (Å²) in [5, 5.41) is 13.7. The van der Waals surface area contributed by atoms with Crippen molar-refractivity contribution in [1.82, 2.24) is 5.32 Å². The van der Waals surface area contributed by atoms with Crippen molar-refractivity contribution in [2.75, 3.05) is 18.1 Å². The topological polar surface area (TPSA) is 32.3 Å². The van der Waals surface area contributed by atoms with Crippen LogP contribution in [0.15, 0.2) is 18.2 Å². The minimum Gasteiger partial charge on any atom is -0.388 e. The SMILES string of the molecule is OC1(CNCc2ccc(F)cc2Cl)CCSC1. The lowest BCUT2D eigenvalue weighted by molar-refractivity contribution is 0.0674. The van der Waals surface area contributed by atoms with Gasteiger partial charge in [0.05, 0.1) is 5.60 Å².